The third-order valence-corrected chi connectivity index (χ3v) is 5.83. The molecule has 2 aliphatic heterocycles. The summed E-state index contributed by atoms with van der Waals surface area (Å²) in [6, 6.07) is 6.25. The van der Waals surface area contributed by atoms with Gasteiger partial charge in [-0.3, -0.25) is 9.80 Å². The van der Waals surface area contributed by atoms with Gasteiger partial charge in [0.2, 0.25) is 0 Å². The van der Waals surface area contributed by atoms with Gasteiger partial charge in [-0.25, -0.2) is 0 Å². The zero-order valence-electron chi connectivity index (χ0n) is 17.1. The van der Waals surface area contributed by atoms with Crippen LogP contribution in [0.25, 0.3) is 0 Å². The van der Waals surface area contributed by atoms with Crippen LogP contribution in [-0.2, 0) is 11.2 Å². The fourth-order valence-electron chi connectivity index (χ4n) is 3.96. The molecule has 1 aromatic carbocycles. The smallest absolute Gasteiger partial charge is 0.164 e. The van der Waals surface area contributed by atoms with E-state index in [4.69, 9.17) is 14.2 Å². The van der Waals surface area contributed by atoms with Gasteiger partial charge in [0.15, 0.2) is 11.5 Å². The monoisotopic (exact) mass is 376 g/mol. The van der Waals surface area contributed by atoms with E-state index in [9.17, 15) is 0 Å². The second-order valence-electron chi connectivity index (χ2n) is 7.88. The summed E-state index contributed by atoms with van der Waals surface area (Å²) < 4.78 is 17.2. The highest BCUT2D eigenvalue weighted by Gasteiger charge is 2.17. The first-order chi connectivity index (χ1) is 13.3. The average molecular weight is 377 g/mol. The molecule has 2 fully saturated rings. The van der Waals surface area contributed by atoms with Crippen molar-refractivity contribution in [2.45, 2.75) is 32.6 Å². The maximum Gasteiger partial charge on any atom is 0.164 e. The number of benzene rings is 1. The van der Waals surface area contributed by atoms with Crippen molar-refractivity contribution < 1.29 is 14.2 Å². The number of rotatable bonds is 9. The Morgan fingerprint density at radius 3 is 2.52 bits per heavy atom. The molecule has 2 aliphatic rings. The van der Waals surface area contributed by atoms with E-state index >= 15 is 0 Å². The van der Waals surface area contributed by atoms with Gasteiger partial charge >= 0.3 is 0 Å². The highest BCUT2D eigenvalue weighted by atomic mass is 16.5. The first kappa shape index (κ1) is 20.4. The number of nitrogens with zero attached hydrogens (tertiary/aromatic N) is 2. The lowest BCUT2D eigenvalue weighted by atomic mass is 9.99. The summed E-state index contributed by atoms with van der Waals surface area (Å²) in [4.78, 5) is 5.01. The SMILES string of the molecule is COc1cccc(CCCN2CCOCC2)c1OCCN1CCC(C)CC1. The number of methoxy groups -OCH3 is 1. The van der Waals surface area contributed by atoms with Gasteiger partial charge in [0.1, 0.15) is 6.61 Å². The molecule has 152 valence electrons. The van der Waals surface area contributed by atoms with Crippen LogP contribution in [0.5, 0.6) is 11.5 Å². The second-order valence-corrected chi connectivity index (χ2v) is 7.88. The molecule has 1 aromatic rings. The number of hydrogen-bond donors (Lipinski definition) is 0. The molecule has 0 aromatic heterocycles. The number of para-hydroxylation sites is 1. The van der Waals surface area contributed by atoms with E-state index in [0.717, 1.165) is 76.3 Å². The third-order valence-electron chi connectivity index (χ3n) is 5.83. The Kier molecular flexibility index (Phi) is 8.24. The Morgan fingerprint density at radius 1 is 1.04 bits per heavy atom. The van der Waals surface area contributed by atoms with Crippen molar-refractivity contribution in [3.8, 4) is 11.5 Å². The molecule has 0 unspecified atom stereocenters. The summed E-state index contributed by atoms with van der Waals surface area (Å²) in [6.07, 6.45) is 4.77. The zero-order chi connectivity index (χ0) is 18.9. The molecule has 0 spiro atoms. The van der Waals surface area contributed by atoms with E-state index in [2.05, 4.69) is 28.9 Å². The van der Waals surface area contributed by atoms with E-state index in [1.54, 1.807) is 7.11 Å². The van der Waals surface area contributed by atoms with Crippen LogP contribution >= 0.6 is 0 Å². The Balaban J connectivity index is 1.49. The van der Waals surface area contributed by atoms with Gasteiger partial charge in [-0.2, -0.15) is 0 Å². The fraction of sp³-hybridized carbons (Fsp3) is 0.727. The van der Waals surface area contributed by atoms with E-state index in [-0.39, 0.29) is 0 Å². The Hall–Kier alpha value is -1.30. The second kappa shape index (κ2) is 10.9. The number of piperidine rings is 1. The molecule has 3 rings (SSSR count). The van der Waals surface area contributed by atoms with Gasteiger partial charge in [-0.15, -0.1) is 0 Å². The van der Waals surface area contributed by atoms with Crippen molar-refractivity contribution in [1.29, 1.82) is 0 Å². The van der Waals surface area contributed by atoms with Gasteiger partial charge in [-0.05, 0) is 62.9 Å². The van der Waals surface area contributed by atoms with Crippen LogP contribution in [0.3, 0.4) is 0 Å². The number of likely N-dealkylation sites (tertiary alicyclic amines) is 1. The van der Waals surface area contributed by atoms with E-state index in [0.29, 0.717) is 0 Å². The maximum absolute atomic E-state index is 6.23. The summed E-state index contributed by atoms with van der Waals surface area (Å²) in [5, 5.41) is 0. The normalized spacial score (nSPS) is 19.9. The topological polar surface area (TPSA) is 34.2 Å². The van der Waals surface area contributed by atoms with Gasteiger partial charge in [0, 0.05) is 19.6 Å². The van der Waals surface area contributed by atoms with Crippen LogP contribution in [0.2, 0.25) is 0 Å². The van der Waals surface area contributed by atoms with Crippen LogP contribution in [0.4, 0.5) is 0 Å². The quantitative estimate of drug-likeness (QED) is 0.662. The molecule has 0 aliphatic carbocycles. The predicted octanol–water partition coefficient (Wildman–Crippen LogP) is 3.07. The zero-order valence-corrected chi connectivity index (χ0v) is 17.1. The van der Waals surface area contributed by atoms with Crippen molar-refractivity contribution in [3.63, 3.8) is 0 Å². The van der Waals surface area contributed by atoms with Crippen molar-refractivity contribution in [2.24, 2.45) is 5.92 Å². The highest BCUT2D eigenvalue weighted by Crippen LogP contribution is 2.32. The number of morpholine rings is 1. The van der Waals surface area contributed by atoms with Gasteiger partial charge in [-0.1, -0.05) is 19.1 Å². The Bertz CT molecular complexity index is 552. The molecule has 2 saturated heterocycles. The summed E-state index contributed by atoms with van der Waals surface area (Å²) >= 11 is 0. The number of aryl methyl sites for hydroxylation is 1. The average Bonchev–Trinajstić information content (AvgIpc) is 2.71. The standard InChI is InChI=1S/C22H36N2O3/c1-19-8-11-24(12-9-19)15-18-27-22-20(5-3-7-21(22)25-2)6-4-10-23-13-16-26-17-14-23/h3,5,7,19H,4,6,8-18H2,1-2H3. The molecule has 5 nitrogen and oxygen atoms in total. The molecule has 0 radical (unpaired) electrons. The molecule has 0 amide bonds. The van der Waals surface area contributed by atoms with Crippen molar-refractivity contribution >= 4 is 0 Å². The van der Waals surface area contributed by atoms with E-state index < -0.39 is 0 Å². The van der Waals surface area contributed by atoms with Gasteiger partial charge < -0.3 is 14.2 Å². The van der Waals surface area contributed by atoms with Gasteiger partial charge in [0.25, 0.3) is 0 Å². The first-order valence-electron chi connectivity index (χ1n) is 10.6. The Labute approximate surface area is 164 Å². The number of ether oxygens (including phenoxy) is 3. The number of hydrogen-bond acceptors (Lipinski definition) is 5. The molecule has 0 bridgehead atoms. The molecular weight excluding hydrogens is 340 g/mol. The maximum atomic E-state index is 6.23. The van der Waals surface area contributed by atoms with Crippen LogP contribution in [0.15, 0.2) is 18.2 Å². The largest absolute Gasteiger partial charge is 0.493 e. The van der Waals surface area contributed by atoms with E-state index in [1.165, 1.54) is 31.5 Å². The van der Waals surface area contributed by atoms with Crippen LogP contribution in [-0.4, -0.2) is 76.0 Å². The molecule has 2 heterocycles. The van der Waals surface area contributed by atoms with Crippen LogP contribution in [0, 0.1) is 5.92 Å². The lowest BCUT2D eigenvalue weighted by Gasteiger charge is -2.30. The third kappa shape index (κ3) is 6.37. The Morgan fingerprint density at radius 2 is 1.78 bits per heavy atom. The predicted molar refractivity (Wildman–Crippen MR) is 109 cm³/mol. The van der Waals surface area contributed by atoms with Gasteiger partial charge in [0.05, 0.1) is 20.3 Å². The molecule has 5 heteroatoms. The van der Waals surface area contributed by atoms with Crippen LogP contribution < -0.4 is 9.47 Å². The van der Waals surface area contributed by atoms with Crippen molar-refractivity contribution in [2.75, 3.05) is 66.2 Å². The lowest BCUT2D eigenvalue weighted by molar-refractivity contribution is 0.0374. The summed E-state index contributed by atoms with van der Waals surface area (Å²) in [6.45, 7) is 11.4. The summed E-state index contributed by atoms with van der Waals surface area (Å²) in [5.74, 6) is 2.66. The lowest BCUT2D eigenvalue weighted by Crippen LogP contribution is -2.37. The molecule has 0 atom stereocenters. The molecule has 0 saturated carbocycles. The van der Waals surface area contributed by atoms with E-state index in [1.807, 2.05) is 6.07 Å². The molecule has 0 N–H and O–H groups in total. The van der Waals surface area contributed by atoms with Crippen molar-refractivity contribution in [1.82, 2.24) is 9.80 Å². The minimum Gasteiger partial charge on any atom is -0.493 e. The highest BCUT2D eigenvalue weighted by molar-refractivity contribution is 5.46. The summed E-state index contributed by atoms with van der Waals surface area (Å²) in [7, 11) is 1.73. The van der Waals surface area contributed by atoms with Crippen LogP contribution in [0.1, 0.15) is 31.7 Å². The minimum absolute atomic E-state index is 0.727. The molecule has 27 heavy (non-hydrogen) atoms. The fourth-order valence-corrected chi connectivity index (χ4v) is 3.96. The summed E-state index contributed by atoms with van der Waals surface area (Å²) in [5.41, 5.74) is 1.26. The van der Waals surface area contributed by atoms with Crippen molar-refractivity contribution in [3.05, 3.63) is 23.8 Å². The first-order valence-corrected chi connectivity index (χ1v) is 10.6. The molecular formula is C22H36N2O3. The minimum atomic E-state index is 0.727.